The van der Waals surface area contributed by atoms with Crippen LogP contribution >= 0.6 is 0 Å². The molecule has 0 spiro atoms. The third-order valence-electron chi connectivity index (χ3n) is 5.65. The van der Waals surface area contributed by atoms with E-state index in [0.717, 1.165) is 31.4 Å². The lowest BCUT2D eigenvalue weighted by atomic mass is 10.1. The summed E-state index contributed by atoms with van der Waals surface area (Å²) < 4.78 is 20.9. The highest BCUT2D eigenvalue weighted by Crippen LogP contribution is 2.02. The number of nitrogens with one attached hydrogen (secondary N) is 4. The summed E-state index contributed by atoms with van der Waals surface area (Å²) in [5.41, 5.74) is 11.2. The minimum absolute atomic E-state index is 0.00826. The van der Waals surface area contributed by atoms with Crippen molar-refractivity contribution in [3.8, 4) is 0 Å². The summed E-state index contributed by atoms with van der Waals surface area (Å²) in [6.07, 6.45) is 4.59. The number of hydrogen-bond donors (Lipinski definition) is 6. The van der Waals surface area contributed by atoms with Crippen molar-refractivity contribution in [3.63, 3.8) is 0 Å². The zero-order chi connectivity index (χ0) is 33.4. The highest BCUT2D eigenvalue weighted by atomic mass is 16.5. The van der Waals surface area contributed by atoms with E-state index in [1.165, 1.54) is 6.92 Å². The molecule has 0 aliphatic rings. The van der Waals surface area contributed by atoms with Gasteiger partial charge in [0.05, 0.1) is 52.2 Å². The Labute approximate surface area is 261 Å². The fraction of sp³-hybridized carbons (Fsp3) is 0.759. The second-order valence-electron chi connectivity index (χ2n) is 9.73. The van der Waals surface area contributed by atoms with Crippen molar-refractivity contribution in [2.75, 3.05) is 86.1 Å². The molecule has 0 aliphatic carbocycles. The fourth-order valence-corrected chi connectivity index (χ4v) is 3.27. The third kappa shape index (κ3) is 33.6. The SMILES string of the molecule is C=C(CCCC(C)=O)NCCOCCOCC(=O)NCCOCCOCC(=O)CN.CN[C@@H](CCCCNC(C)=O)C(N)=O. The summed E-state index contributed by atoms with van der Waals surface area (Å²) >= 11 is 0. The van der Waals surface area contributed by atoms with Gasteiger partial charge in [-0.25, -0.2) is 0 Å². The number of allylic oxidation sites excluding steroid dienone is 1. The highest BCUT2D eigenvalue weighted by molar-refractivity contribution is 5.81. The zero-order valence-corrected chi connectivity index (χ0v) is 26.8. The Morgan fingerprint density at radius 1 is 0.727 bits per heavy atom. The number of Topliss-reactive ketones (excluding diaryl/α,β-unsaturated/α-hetero) is 2. The van der Waals surface area contributed by atoms with Crippen molar-refractivity contribution in [2.24, 2.45) is 11.5 Å². The van der Waals surface area contributed by atoms with E-state index in [1.807, 2.05) is 0 Å². The molecule has 0 rings (SSSR count). The monoisotopic (exact) mass is 632 g/mol. The molecule has 0 saturated heterocycles. The molecule has 3 amide bonds. The molecule has 44 heavy (non-hydrogen) atoms. The smallest absolute Gasteiger partial charge is 0.246 e. The lowest BCUT2D eigenvalue weighted by Gasteiger charge is -2.11. The Balaban J connectivity index is 0. The summed E-state index contributed by atoms with van der Waals surface area (Å²) in [5.74, 6) is -0.552. The molecule has 0 aromatic rings. The maximum absolute atomic E-state index is 11.6. The largest absolute Gasteiger partial charge is 0.387 e. The number of carbonyl (C=O) groups excluding carboxylic acids is 5. The van der Waals surface area contributed by atoms with Crippen molar-refractivity contribution in [2.45, 2.75) is 58.4 Å². The molecule has 0 aromatic heterocycles. The van der Waals surface area contributed by atoms with Gasteiger partial charge in [0.1, 0.15) is 19.0 Å². The Morgan fingerprint density at radius 3 is 1.86 bits per heavy atom. The van der Waals surface area contributed by atoms with Crippen LogP contribution in [0, 0.1) is 0 Å². The molecule has 0 saturated carbocycles. The van der Waals surface area contributed by atoms with E-state index in [2.05, 4.69) is 27.8 Å². The van der Waals surface area contributed by atoms with Crippen LogP contribution in [0.15, 0.2) is 12.3 Å². The Hall–Kier alpha value is -2.95. The number of likely N-dealkylation sites (N-methyl/N-ethyl adjacent to an activating group) is 1. The van der Waals surface area contributed by atoms with Gasteiger partial charge in [0.15, 0.2) is 5.78 Å². The normalized spacial score (nSPS) is 11.1. The zero-order valence-electron chi connectivity index (χ0n) is 26.8. The van der Waals surface area contributed by atoms with E-state index in [0.29, 0.717) is 72.1 Å². The minimum atomic E-state index is -0.327. The first-order valence-corrected chi connectivity index (χ1v) is 14.9. The standard InChI is InChI=1S/C20H37N3O7.C9H19N3O2/c1-17(4-3-5-18(2)24)22-6-8-27-11-13-30-16-20(26)23-7-9-28-10-12-29-15-19(25)14-21;1-7(13)12-6-4-3-5-8(11-2)9(10)14/h22H,1,3-16,21H2,2H3,(H,23,26);8,11H,3-6H2,1-2H3,(H2,10,14)(H,12,13)/t;8-/m.0/s1. The van der Waals surface area contributed by atoms with Gasteiger partial charge < -0.3 is 56.5 Å². The number of ether oxygens (including phenoxy) is 4. The highest BCUT2D eigenvalue weighted by Gasteiger charge is 2.11. The summed E-state index contributed by atoms with van der Waals surface area (Å²) in [5, 5.41) is 11.3. The summed E-state index contributed by atoms with van der Waals surface area (Å²) in [7, 11) is 1.71. The van der Waals surface area contributed by atoms with Crippen LogP contribution in [0.1, 0.15) is 52.4 Å². The van der Waals surface area contributed by atoms with Gasteiger partial charge in [-0.05, 0) is 46.1 Å². The van der Waals surface area contributed by atoms with E-state index in [4.69, 9.17) is 30.4 Å². The van der Waals surface area contributed by atoms with Crippen LogP contribution in [0.3, 0.4) is 0 Å². The minimum Gasteiger partial charge on any atom is -0.387 e. The fourth-order valence-electron chi connectivity index (χ4n) is 3.27. The molecule has 8 N–H and O–H groups in total. The number of nitrogens with two attached hydrogens (primary N) is 2. The molecule has 0 unspecified atom stereocenters. The molecule has 0 aromatic carbocycles. The molecule has 256 valence electrons. The topological polar surface area (TPSA) is 222 Å². The van der Waals surface area contributed by atoms with Crippen LogP contribution in [0.5, 0.6) is 0 Å². The molecule has 0 bridgehead atoms. The van der Waals surface area contributed by atoms with Gasteiger partial charge in [0.2, 0.25) is 17.7 Å². The van der Waals surface area contributed by atoms with Crippen LogP contribution in [0.2, 0.25) is 0 Å². The molecule has 0 aliphatic heterocycles. The first-order valence-electron chi connectivity index (χ1n) is 14.9. The molecule has 15 heteroatoms. The number of amides is 3. The summed E-state index contributed by atoms with van der Waals surface area (Å²) in [4.78, 5) is 54.6. The molecular weight excluding hydrogens is 576 g/mol. The number of ketones is 2. The second kappa shape index (κ2) is 31.5. The van der Waals surface area contributed by atoms with Crippen molar-refractivity contribution < 1.29 is 42.9 Å². The predicted octanol–water partition coefficient (Wildman–Crippen LogP) is -1.07. The van der Waals surface area contributed by atoms with Gasteiger partial charge in [-0.2, -0.15) is 0 Å². The average molecular weight is 633 g/mol. The van der Waals surface area contributed by atoms with Gasteiger partial charge in [0, 0.05) is 38.7 Å². The Morgan fingerprint density at radius 2 is 1.32 bits per heavy atom. The molecule has 0 radical (unpaired) electrons. The number of unbranched alkanes of at least 4 members (excludes halogenated alkanes) is 1. The van der Waals surface area contributed by atoms with Crippen molar-refractivity contribution in [1.82, 2.24) is 21.3 Å². The van der Waals surface area contributed by atoms with Crippen LogP contribution in [-0.4, -0.2) is 121 Å². The number of hydrogen-bond acceptors (Lipinski definition) is 12. The van der Waals surface area contributed by atoms with E-state index in [-0.39, 0.29) is 55.1 Å². The molecule has 0 fully saturated rings. The lowest BCUT2D eigenvalue weighted by Crippen LogP contribution is -2.39. The van der Waals surface area contributed by atoms with Crippen molar-refractivity contribution >= 4 is 29.3 Å². The molecule has 1 atom stereocenters. The van der Waals surface area contributed by atoms with Crippen LogP contribution in [0.4, 0.5) is 0 Å². The third-order valence-corrected chi connectivity index (χ3v) is 5.65. The van der Waals surface area contributed by atoms with Crippen molar-refractivity contribution in [3.05, 3.63) is 12.3 Å². The number of carbonyl (C=O) groups is 5. The Kier molecular flexibility index (Phi) is 30.9. The maximum atomic E-state index is 11.6. The summed E-state index contributed by atoms with van der Waals surface area (Å²) in [6.45, 7) is 10.7. The number of primary amides is 1. The van der Waals surface area contributed by atoms with Crippen LogP contribution in [0.25, 0.3) is 0 Å². The molecule has 0 heterocycles. The van der Waals surface area contributed by atoms with Crippen LogP contribution in [-0.2, 0) is 42.9 Å². The summed E-state index contributed by atoms with van der Waals surface area (Å²) in [6, 6.07) is -0.257. The maximum Gasteiger partial charge on any atom is 0.246 e. The number of rotatable bonds is 29. The van der Waals surface area contributed by atoms with Crippen molar-refractivity contribution in [1.29, 1.82) is 0 Å². The molecular formula is C29H56N6O9. The van der Waals surface area contributed by atoms with Gasteiger partial charge in [0.25, 0.3) is 0 Å². The predicted molar refractivity (Wildman–Crippen MR) is 167 cm³/mol. The van der Waals surface area contributed by atoms with E-state index in [1.54, 1.807) is 14.0 Å². The first-order chi connectivity index (χ1) is 21.0. The van der Waals surface area contributed by atoms with E-state index < -0.39 is 0 Å². The Bertz CT molecular complexity index is 814. The average Bonchev–Trinajstić information content (AvgIpc) is 2.97. The van der Waals surface area contributed by atoms with Gasteiger partial charge in [-0.3, -0.25) is 19.2 Å². The first kappa shape index (κ1) is 43.2. The van der Waals surface area contributed by atoms with Crippen LogP contribution < -0.4 is 32.7 Å². The van der Waals surface area contributed by atoms with Gasteiger partial charge >= 0.3 is 0 Å². The lowest BCUT2D eigenvalue weighted by molar-refractivity contribution is -0.126. The molecule has 15 nitrogen and oxygen atoms in total. The second-order valence-corrected chi connectivity index (χ2v) is 9.73. The van der Waals surface area contributed by atoms with Gasteiger partial charge in [-0.1, -0.05) is 6.58 Å². The van der Waals surface area contributed by atoms with E-state index in [9.17, 15) is 24.0 Å². The quantitative estimate of drug-likeness (QED) is 0.0542. The van der Waals surface area contributed by atoms with Gasteiger partial charge in [-0.15, -0.1) is 0 Å². The van der Waals surface area contributed by atoms with E-state index >= 15 is 0 Å².